The highest BCUT2D eigenvalue weighted by molar-refractivity contribution is 5.79. The van der Waals surface area contributed by atoms with Crippen molar-refractivity contribution >= 4 is 5.91 Å². The Morgan fingerprint density at radius 3 is 2.52 bits per heavy atom. The van der Waals surface area contributed by atoms with Gasteiger partial charge in [-0.2, -0.15) is 0 Å². The Balaban J connectivity index is 1.30. The Labute approximate surface area is 173 Å². The summed E-state index contributed by atoms with van der Waals surface area (Å²) in [5.41, 5.74) is 1.92. The van der Waals surface area contributed by atoms with Crippen molar-refractivity contribution in [1.82, 2.24) is 19.8 Å². The standard InChI is InChI=1S/C23H34N4O2/c28-22-19-11-13-26(18-8-2-1-3-9-18)15-20(19)24-21(25-22)17-10-12-27(14-17)23(29)16-6-4-5-7-16/h16-18H,1-15H2,(H,24,25,28). The highest BCUT2D eigenvalue weighted by Crippen LogP contribution is 2.32. The van der Waals surface area contributed by atoms with Crippen molar-refractivity contribution in [3.63, 3.8) is 0 Å². The van der Waals surface area contributed by atoms with Gasteiger partial charge in [0.05, 0.1) is 5.69 Å². The number of H-pyrrole nitrogens is 1. The number of hydrogen-bond acceptors (Lipinski definition) is 4. The van der Waals surface area contributed by atoms with Crippen LogP contribution in [0.25, 0.3) is 0 Å². The number of carbonyl (C=O) groups excluding carboxylic acids is 1. The monoisotopic (exact) mass is 398 g/mol. The van der Waals surface area contributed by atoms with Crippen molar-refractivity contribution in [3.8, 4) is 0 Å². The third-order valence-electron chi connectivity index (χ3n) is 7.80. The third-order valence-corrected chi connectivity index (χ3v) is 7.80. The first-order chi connectivity index (χ1) is 14.2. The van der Waals surface area contributed by atoms with E-state index in [1.54, 1.807) is 0 Å². The van der Waals surface area contributed by atoms with E-state index in [0.29, 0.717) is 18.5 Å². The first-order valence-corrected chi connectivity index (χ1v) is 11.8. The molecular weight excluding hydrogens is 364 g/mol. The second-order valence-electron chi connectivity index (χ2n) is 9.64. The molecule has 3 fully saturated rings. The number of aromatic nitrogens is 2. The highest BCUT2D eigenvalue weighted by Gasteiger charge is 2.35. The molecule has 5 rings (SSSR count). The predicted molar refractivity (Wildman–Crippen MR) is 112 cm³/mol. The van der Waals surface area contributed by atoms with Gasteiger partial charge in [-0.15, -0.1) is 0 Å². The van der Waals surface area contributed by atoms with Crippen LogP contribution in [0.1, 0.15) is 87.2 Å². The predicted octanol–water partition coefficient (Wildman–Crippen LogP) is 2.97. The van der Waals surface area contributed by atoms with Gasteiger partial charge in [-0.25, -0.2) is 4.98 Å². The summed E-state index contributed by atoms with van der Waals surface area (Å²) in [5, 5.41) is 0. The summed E-state index contributed by atoms with van der Waals surface area (Å²) in [6, 6.07) is 0.660. The van der Waals surface area contributed by atoms with E-state index in [2.05, 4.69) is 9.88 Å². The number of nitrogens with one attached hydrogen (secondary N) is 1. The van der Waals surface area contributed by atoms with Crippen molar-refractivity contribution < 1.29 is 4.79 Å². The molecule has 6 heteroatoms. The fourth-order valence-corrected chi connectivity index (χ4v) is 6.04. The van der Waals surface area contributed by atoms with Gasteiger partial charge in [0.1, 0.15) is 5.82 Å². The highest BCUT2D eigenvalue weighted by atomic mass is 16.2. The Morgan fingerprint density at radius 1 is 0.966 bits per heavy atom. The minimum Gasteiger partial charge on any atom is -0.342 e. The largest absolute Gasteiger partial charge is 0.342 e. The molecule has 2 aliphatic carbocycles. The molecule has 158 valence electrons. The molecule has 0 bridgehead atoms. The summed E-state index contributed by atoms with van der Waals surface area (Å²) >= 11 is 0. The fraction of sp³-hybridized carbons (Fsp3) is 0.783. The van der Waals surface area contributed by atoms with Gasteiger partial charge < -0.3 is 9.88 Å². The molecule has 1 amide bonds. The molecule has 1 unspecified atom stereocenters. The molecular formula is C23H34N4O2. The molecule has 4 aliphatic rings. The van der Waals surface area contributed by atoms with E-state index in [0.717, 1.165) is 62.4 Å². The number of nitrogens with zero attached hydrogens (tertiary/aromatic N) is 3. The molecule has 0 spiro atoms. The van der Waals surface area contributed by atoms with Gasteiger partial charge >= 0.3 is 0 Å². The average molecular weight is 399 g/mol. The molecule has 1 atom stereocenters. The first-order valence-electron chi connectivity index (χ1n) is 11.8. The van der Waals surface area contributed by atoms with Crippen LogP contribution < -0.4 is 5.56 Å². The lowest BCUT2D eigenvalue weighted by molar-refractivity contribution is -0.134. The van der Waals surface area contributed by atoms with Gasteiger partial charge in [-0.1, -0.05) is 32.1 Å². The molecule has 1 N–H and O–H groups in total. The van der Waals surface area contributed by atoms with E-state index in [1.807, 2.05) is 4.90 Å². The lowest BCUT2D eigenvalue weighted by atomic mass is 9.92. The number of fused-ring (bicyclic) bond motifs is 1. The minimum absolute atomic E-state index is 0.0499. The fourth-order valence-electron chi connectivity index (χ4n) is 6.04. The number of carbonyl (C=O) groups is 1. The van der Waals surface area contributed by atoms with Gasteiger partial charge in [0.25, 0.3) is 5.56 Å². The van der Waals surface area contributed by atoms with Gasteiger partial charge in [0.15, 0.2) is 0 Å². The van der Waals surface area contributed by atoms with E-state index in [1.165, 1.54) is 44.9 Å². The number of amides is 1. The van der Waals surface area contributed by atoms with Crippen molar-refractivity contribution in [2.75, 3.05) is 19.6 Å². The minimum atomic E-state index is 0.0499. The average Bonchev–Trinajstić information content (AvgIpc) is 3.46. The first kappa shape index (κ1) is 19.3. The van der Waals surface area contributed by atoms with Gasteiger partial charge in [0.2, 0.25) is 5.91 Å². The maximum Gasteiger partial charge on any atom is 0.254 e. The van der Waals surface area contributed by atoms with Crippen molar-refractivity contribution in [2.45, 2.75) is 89.1 Å². The van der Waals surface area contributed by atoms with Gasteiger partial charge in [-0.3, -0.25) is 14.5 Å². The Morgan fingerprint density at radius 2 is 1.72 bits per heavy atom. The Bertz CT molecular complexity index is 808. The molecule has 1 aromatic heterocycles. The smallest absolute Gasteiger partial charge is 0.254 e. The van der Waals surface area contributed by atoms with Crippen LogP contribution in [-0.4, -0.2) is 51.4 Å². The lowest BCUT2D eigenvalue weighted by Crippen LogP contribution is -2.42. The van der Waals surface area contributed by atoms with E-state index in [4.69, 9.17) is 4.98 Å². The summed E-state index contributed by atoms with van der Waals surface area (Å²) < 4.78 is 0. The van der Waals surface area contributed by atoms with E-state index < -0.39 is 0 Å². The van der Waals surface area contributed by atoms with Crippen LogP contribution >= 0.6 is 0 Å². The molecule has 6 nitrogen and oxygen atoms in total. The molecule has 29 heavy (non-hydrogen) atoms. The van der Waals surface area contributed by atoms with Crippen LogP contribution in [0.15, 0.2) is 4.79 Å². The van der Waals surface area contributed by atoms with Crippen molar-refractivity contribution in [3.05, 3.63) is 27.4 Å². The number of aromatic amines is 1. The van der Waals surface area contributed by atoms with Crippen LogP contribution in [0.4, 0.5) is 0 Å². The molecule has 2 aliphatic heterocycles. The molecule has 1 saturated heterocycles. The molecule has 0 aromatic carbocycles. The summed E-state index contributed by atoms with van der Waals surface area (Å²) in [4.78, 5) is 38.1. The number of rotatable bonds is 3. The SMILES string of the molecule is O=C(C1CCCC1)N1CCC(c2nc3c(c(=O)[nH]2)CCN(C2CCCCC2)C3)C1. The van der Waals surface area contributed by atoms with Crippen LogP contribution in [-0.2, 0) is 17.8 Å². The van der Waals surface area contributed by atoms with Crippen LogP contribution in [0, 0.1) is 5.92 Å². The second-order valence-corrected chi connectivity index (χ2v) is 9.64. The Kier molecular flexibility index (Phi) is 5.46. The molecule has 3 heterocycles. The van der Waals surface area contributed by atoms with Crippen molar-refractivity contribution in [2.24, 2.45) is 5.92 Å². The van der Waals surface area contributed by atoms with E-state index in [-0.39, 0.29) is 17.4 Å². The maximum atomic E-state index is 12.8. The molecule has 1 aromatic rings. The summed E-state index contributed by atoms with van der Waals surface area (Å²) in [6.45, 7) is 3.31. The van der Waals surface area contributed by atoms with Crippen LogP contribution in [0.2, 0.25) is 0 Å². The summed E-state index contributed by atoms with van der Waals surface area (Å²) in [7, 11) is 0. The summed E-state index contributed by atoms with van der Waals surface area (Å²) in [5.74, 6) is 1.53. The number of likely N-dealkylation sites (tertiary alicyclic amines) is 1. The maximum absolute atomic E-state index is 12.8. The molecule has 2 saturated carbocycles. The van der Waals surface area contributed by atoms with Gasteiger partial charge in [0, 0.05) is 49.6 Å². The zero-order valence-electron chi connectivity index (χ0n) is 17.5. The Hall–Kier alpha value is -1.69. The second kappa shape index (κ2) is 8.21. The lowest BCUT2D eigenvalue weighted by Gasteiger charge is -2.37. The summed E-state index contributed by atoms with van der Waals surface area (Å²) in [6.07, 6.45) is 12.8. The van der Waals surface area contributed by atoms with Crippen LogP contribution in [0.5, 0.6) is 0 Å². The van der Waals surface area contributed by atoms with E-state index in [9.17, 15) is 9.59 Å². The number of hydrogen-bond donors (Lipinski definition) is 1. The van der Waals surface area contributed by atoms with Crippen molar-refractivity contribution in [1.29, 1.82) is 0 Å². The van der Waals surface area contributed by atoms with Crippen LogP contribution in [0.3, 0.4) is 0 Å². The third kappa shape index (κ3) is 3.88. The molecule has 0 radical (unpaired) electrons. The van der Waals surface area contributed by atoms with Gasteiger partial charge in [-0.05, 0) is 38.5 Å². The zero-order valence-corrected chi connectivity index (χ0v) is 17.5. The van der Waals surface area contributed by atoms with E-state index >= 15 is 0 Å². The topological polar surface area (TPSA) is 69.3 Å². The normalized spacial score (nSPS) is 26.8. The zero-order chi connectivity index (χ0) is 19.8. The quantitative estimate of drug-likeness (QED) is 0.850.